The molecule has 9 heteroatoms. The van der Waals surface area contributed by atoms with Gasteiger partial charge in [-0.15, -0.1) is 0 Å². The Morgan fingerprint density at radius 2 is 1.74 bits per heavy atom. The fourth-order valence-electron chi connectivity index (χ4n) is 5.37. The first-order valence-corrected chi connectivity index (χ1v) is 12.2. The van der Waals surface area contributed by atoms with E-state index < -0.39 is 23.7 Å². The topological polar surface area (TPSA) is 73.5 Å². The molecular weight excluding hydrogens is 457 g/mol. The average molecular weight is 487 g/mol. The van der Waals surface area contributed by atoms with Crippen molar-refractivity contribution in [2.75, 3.05) is 29.9 Å². The molecule has 2 aromatic carbocycles. The van der Waals surface area contributed by atoms with E-state index in [0.717, 1.165) is 38.4 Å². The number of alkyl halides is 3. The number of carbonyl (C=O) groups excluding carboxylic acids is 2. The number of rotatable bonds is 4. The number of hydrogen-bond donors (Lipinski definition) is 3. The summed E-state index contributed by atoms with van der Waals surface area (Å²) < 4.78 is 42.0. The summed E-state index contributed by atoms with van der Waals surface area (Å²) in [5, 5.41) is 8.45. The summed E-state index contributed by atoms with van der Waals surface area (Å²) in [6, 6.07) is 10.0. The molecule has 6 nitrogen and oxygen atoms in total. The molecule has 3 N–H and O–H groups in total. The van der Waals surface area contributed by atoms with Crippen molar-refractivity contribution < 1.29 is 22.8 Å². The summed E-state index contributed by atoms with van der Waals surface area (Å²) in [5.74, 6) is -0.538. The fraction of sp³-hybridized carbons (Fsp3) is 0.462. The number of piperidine rings is 2. The van der Waals surface area contributed by atoms with Crippen LogP contribution in [0.25, 0.3) is 0 Å². The van der Waals surface area contributed by atoms with Gasteiger partial charge in [0.25, 0.3) is 0 Å². The second kappa shape index (κ2) is 9.53. The number of carbonyl (C=O) groups is 2. The van der Waals surface area contributed by atoms with Crippen LogP contribution in [0.15, 0.2) is 36.4 Å². The molecule has 5 rings (SSSR count). The molecule has 0 bridgehead atoms. The van der Waals surface area contributed by atoms with Gasteiger partial charge in [0.15, 0.2) is 0 Å². The van der Waals surface area contributed by atoms with Crippen LogP contribution >= 0.6 is 0 Å². The lowest BCUT2D eigenvalue weighted by Crippen LogP contribution is -2.47. The maximum Gasteiger partial charge on any atom is 0.418 e. The van der Waals surface area contributed by atoms with Crippen molar-refractivity contribution in [3.8, 4) is 0 Å². The molecular formula is C26H29F3N4O2. The number of amides is 2. The number of nitrogens with zero attached hydrogens (tertiary/aromatic N) is 1. The van der Waals surface area contributed by atoms with Crippen molar-refractivity contribution in [1.82, 2.24) is 10.6 Å². The zero-order chi connectivity index (χ0) is 24.6. The molecule has 2 saturated heterocycles. The van der Waals surface area contributed by atoms with E-state index in [9.17, 15) is 22.8 Å². The van der Waals surface area contributed by atoms with Gasteiger partial charge in [0.05, 0.1) is 5.56 Å². The van der Waals surface area contributed by atoms with Gasteiger partial charge in [-0.25, -0.2) is 0 Å². The second-order valence-electron chi connectivity index (χ2n) is 9.59. The van der Waals surface area contributed by atoms with Crippen LogP contribution < -0.4 is 20.9 Å². The number of halogens is 3. The number of imide groups is 1. The highest BCUT2D eigenvalue weighted by Crippen LogP contribution is 2.41. The molecule has 2 fully saturated rings. The molecule has 0 saturated carbocycles. The molecule has 3 heterocycles. The van der Waals surface area contributed by atoms with E-state index in [-0.39, 0.29) is 30.1 Å². The van der Waals surface area contributed by atoms with Gasteiger partial charge in [0.1, 0.15) is 6.04 Å². The van der Waals surface area contributed by atoms with Gasteiger partial charge in [-0.3, -0.25) is 14.9 Å². The third kappa shape index (κ3) is 5.15. The van der Waals surface area contributed by atoms with E-state index in [1.54, 1.807) is 6.07 Å². The quantitative estimate of drug-likeness (QED) is 0.571. The van der Waals surface area contributed by atoms with E-state index in [0.29, 0.717) is 19.0 Å². The Balaban J connectivity index is 1.30. The van der Waals surface area contributed by atoms with Crippen molar-refractivity contribution in [3.05, 3.63) is 58.7 Å². The normalized spacial score (nSPS) is 21.5. The summed E-state index contributed by atoms with van der Waals surface area (Å²) in [6.07, 6.45) is -1.52. The summed E-state index contributed by atoms with van der Waals surface area (Å²) in [4.78, 5) is 25.2. The lowest BCUT2D eigenvalue weighted by Gasteiger charge is -2.36. The summed E-state index contributed by atoms with van der Waals surface area (Å²) in [7, 11) is 0. The summed E-state index contributed by atoms with van der Waals surface area (Å²) in [5.41, 5.74) is 3.66. The lowest BCUT2D eigenvalue weighted by molar-refractivity contribution is -0.137. The summed E-state index contributed by atoms with van der Waals surface area (Å²) >= 11 is 0. The Morgan fingerprint density at radius 1 is 0.943 bits per heavy atom. The molecule has 0 radical (unpaired) electrons. The van der Waals surface area contributed by atoms with Gasteiger partial charge < -0.3 is 15.5 Å². The van der Waals surface area contributed by atoms with E-state index in [1.807, 2.05) is 4.90 Å². The number of benzene rings is 2. The van der Waals surface area contributed by atoms with Gasteiger partial charge in [-0.2, -0.15) is 13.2 Å². The molecule has 186 valence electrons. The highest BCUT2D eigenvalue weighted by atomic mass is 19.4. The van der Waals surface area contributed by atoms with Crippen LogP contribution in [0.1, 0.15) is 53.9 Å². The zero-order valence-corrected chi connectivity index (χ0v) is 19.4. The van der Waals surface area contributed by atoms with Crippen LogP contribution in [0.4, 0.5) is 24.5 Å². The smallest absolute Gasteiger partial charge is 0.374 e. The Morgan fingerprint density at radius 3 is 2.49 bits per heavy atom. The second-order valence-corrected chi connectivity index (χ2v) is 9.59. The molecule has 0 aromatic heterocycles. The van der Waals surface area contributed by atoms with E-state index in [2.05, 4.69) is 34.1 Å². The van der Waals surface area contributed by atoms with Crippen LogP contribution in [0.2, 0.25) is 0 Å². The van der Waals surface area contributed by atoms with Crippen LogP contribution in [-0.4, -0.2) is 37.5 Å². The molecule has 0 spiro atoms. The molecule has 35 heavy (non-hydrogen) atoms. The predicted molar refractivity (Wildman–Crippen MR) is 127 cm³/mol. The van der Waals surface area contributed by atoms with Gasteiger partial charge in [0, 0.05) is 37.4 Å². The number of anilines is 2. The minimum Gasteiger partial charge on any atom is -0.374 e. The van der Waals surface area contributed by atoms with E-state index in [4.69, 9.17) is 0 Å². The van der Waals surface area contributed by atoms with Crippen LogP contribution in [0.5, 0.6) is 0 Å². The largest absolute Gasteiger partial charge is 0.418 e. The van der Waals surface area contributed by atoms with Crippen molar-refractivity contribution in [3.63, 3.8) is 0 Å². The van der Waals surface area contributed by atoms with Gasteiger partial charge in [-0.05, 0) is 73.0 Å². The molecule has 3 aliphatic heterocycles. The Hall–Kier alpha value is -3.07. The average Bonchev–Trinajstić information content (AvgIpc) is 2.85. The highest BCUT2D eigenvalue weighted by molar-refractivity contribution is 6.01. The first-order chi connectivity index (χ1) is 16.8. The van der Waals surface area contributed by atoms with E-state index in [1.165, 1.54) is 22.8 Å². The lowest BCUT2D eigenvalue weighted by atomic mass is 9.86. The van der Waals surface area contributed by atoms with Gasteiger partial charge in [0.2, 0.25) is 11.8 Å². The summed E-state index contributed by atoms with van der Waals surface area (Å²) in [6.45, 7) is 2.96. The van der Waals surface area contributed by atoms with Crippen molar-refractivity contribution in [1.29, 1.82) is 0 Å². The SMILES string of the molecule is O=C1CCC(Nc2ccc(N3CCC(c4ccc5c(c4)CCNC5)CC3)c(C(F)(F)F)c2)C(=O)N1. The minimum absolute atomic E-state index is 0.156. The zero-order valence-electron chi connectivity index (χ0n) is 19.4. The predicted octanol–water partition coefficient (Wildman–Crippen LogP) is 3.95. The number of nitrogens with one attached hydrogen (secondary N) is 3. The first-order valence-electron chi connectivity index (χ1n) is 12.2. The molecule has 1 atom stereocenters. The van der Waals surface area contributed by atoms with Crippen LogP contribution in [0, 0.1) is 0 Å². The Labute approximate surface area is 202 Å². The first kappa shape index (κ1) is 23.7. The van der Waals surface area contributed by atoms with Crippen LogP contribution in [-0.2, 0) is 28.7 Å². The van der Waals surface area contributed by atoms with Crippen LogP contribution in [0.3, 0.4) is 0 Å². The third-order valence-corrected chi connectivity index (χ3v) is 7.31. The standard InChI is InChI=1S/C26H29F3N4O2/c27-26(28,29)21-14-20(31-22-4-6-24(34)32-25(22)35)3-5-23(21)33-11-8-16(9-12-33)17-1-2-19-15-30-10-7-18(19)13-17/h1-3,5,13-14,16,22,30-31H,4,6-12,15H2,(H,32,34,35). The van der Waals surface area contributed by atoms with Gasteiger partial charge >= 0.3 is 6.18 Å². The minimum atomic E-state index is -4.53. The van der Waals surface area contributed by atoms with E-state index >= 15 is 0 Å². The van der Waals surface area contributed by atoms with Gasteiger partial charge in [-0.1, -0.05) is 18.2 Å². The molecule has 2 aromatic rings. The number of fused-ring (bicyclic) bond motifs is 1. The monoisotopic (exact) mass is 486 g/mol. The molecule has 3 aliphatic rings. The maximum atomic E-state index is 14.0. The fourth-order valence-corrected chi connectivity index (χ4v) is 5.37. The maximum absolute atomic E-state index is 14.0. The van der Waals surface area contributed by atoms with Crippen molar-refractivity contribution in [2.24, 2.45) is 0 Å². The van der Waals surface area contributed by atoms with Crippen molar-refractivity contribution >= 4 is 23.2 Å². The highest BCUT2D eigenvalue weighted by Gasteiger charge is 2.37. The number of hydrogen-bond acceptors (Lipinski definition) is 5. The molecule has 1 unspecified atom stereocenters. The Kier molecular flexibility index (Phi) is 6.44. The third-order valence-electron chi connectivity index (χ3n) is 7.31. The Bertz CT molecular complexity index is 1130. The molecule has 0 aliphatic carbocycles. The molecule has 2 amide bonds. The van der Waals surface area contributed by atoms with Crippen molar-refractivity contribution in [2.45, 2.75) is 56.8 Å².